The highest BCUT2D eigenvalue weighted by atomic mass is 16.5. The average Bonchev–Trinajstić information content (AvgIpc) is 2.51. The van der Waals surface area contributed by atoms with Crippen LogP contribution < -0.4 is 0 Å². The maximum Gasteiger partial charge on any atom is 0.305 e. The van der Waals surface area contributed by atoms with Gasteiger partial charge in [-0.2, -0.15) is 5.26 Å². The molecule has 6 heteroatoms. The maximum atomic E-state index is 11.8. The number of benzene rings is 1. The number of aliphatic hydroxyl groups excluding tert-OH is 2. The molecule has 1 rings (SSSR count). The SMILES string of the molecule is COC(=O)CCC(=O)c1ccc(C(O)C(O)CC#N)cc1. The Morgan fingerprint density at radius 3 is 2.38 bits per heavy atom. The summed E-state index contributed by atoms with van der Waals surface area (Å²) in [6.07, 6.45) is -2.47. The Kier molecular flexibility index (Phi) is 6.53. The molecule has 0 aliphatic heterocycles. The van der Waals surface area contributed by atoms with Gasteiger partial charge in [0, 0.05) is 12.0 Å². The molecule has 21 heavy (non-hydrogen) atoms. The van der Waals surface area contributed by atoms with Crippen LogP contribution in [-0.2, 0) is 9.53 Å². The number of esters is 1. The van der Waals surface area contributed by atoms with Crippen molar-refractivity contribution in [2.45, 2.75) is 31.5 Å². The summed E-state index contributed by atoms with van der Waals surface area (Å²) in [6.45, 7) is 0. The summed E-state index contributed by atoms with van der Waals surface area (Å²) in [7, 11) is 1.26. The van der Waals surface area contributed by atoms with E-state index in [0.717, 1.165) is 0 Å². The van der Waals surface area contributed by atoms with Crippen LogP contribution in [0.3, 0.4) is 0 Å². The minimum absolute atomic E-state index is 0.0145. The molecule has 2 unspecified atom stereocenters. The number of rotatable bonds is 7. The zero-order valence-corrected chi connectivity index (χ0v) is 11.7. The van der Waals surface area contributed by atoms with Crippen LogP contribution >= 0.6 is 0 Å². The fraction of sp³-hybridized carbons (Fsp3) is 0.400. The molecular formula is C15H17NO5. The smallest absolute Gasteiger partial charge is 0.305 e. The number of methoxy groups -OCH3 is 1. The highest BCUT2D eigenvalue weighted by Gasteiger charge is 2.18. The van der Waals surface area contributed by atoms with E-state index in [2.05, 4.69) is 4.74 Å². The van der Waals surface area contributed by atoms with E-state index < -0.39 is 18.2 Å². The Hall–Kier alpha value is -2.23. The van der Waals surface area contributed by atoms with Gasteiger partial charge in [-0.25, -0.2) is 0 Å². The van der Waals surface area contributed by atoms with Crippen LogP contribution in [0, 0.1) is 11.3 Å². The van der Waals surface area contributed by atoms with Gasteiger partial charge in [0.1, 0.15) is 6.10 Å². The number of nitriles is 1. The summed E-state index contributed by atoms with van der Waals surface area (Å²) in [5.74, 6) is -0.658. The zero-order chi connectivity index (χ0) is 15.8. The van der Waals surface area contributed by atoms with E-state index in [9.17, 15) is 19.8 Å². The van der Waals surface area contributed by atoms with Gasteiger partial charge in [0.05, 0.1) is 32.1 Å². The Labute approximate surface area is 122 Å². The number of carbonyl (C=O) groups excluding carboxylic acids is 2. The van der Waals surface area contributed by atoms with Gasteiger partial charge in [-0.05, 0) is 5.56 Å². The van der Waals surface area contributed by atoms with Gasteiger partial charge in [0.2, 0.25) is 0 Å². The highest BCUT2D eigenvalue weighted by Crippen LogP contribution is 2.20. The van der Waals surface area contributed by atoms with E-state index in [1.807, 2.05) is 0 Å². The number of ketones is 1. The average molecular weight is 291 g/mol. The van der Waals surface area contributed by atoms with Crippen molar-refractivity contribution in [3.05, 3.63) is 35.4 Å². The Morgan fingerprint density at radius 1 is 1.24 bits per heavy atom. The minimum Gasteiger partial charge on any atom is -0.469 e. The van der Waals surface area contributed by atoms with Crippen LogP contribution in [0.4, 0.5) is 0 Å². The topological polar surface area (TPSA) is 108 Å². The van der Waals surface area contributed by atoms with Gasteiger partial charge in [0.25, 0.3) is 0 Å². The molecule has 0 aliphatic carbocycles. The molecular weight excluding hydrogens is 274 g/mol. The third kappa shape index (κ3) is 4.99. The summed E-state index contributed by atoms with van der Waals surface area (Å²) < 4.78 is 4.46. The standard InChI is InChI=1S/C15H17NO5/c1-21-14(19)7-6-12(17)10-2-4-11(5-3-10)15(20)13(18)8-9-16/h2-5,13,15,18,20H,6-8H2,1H3. The van der Waals surface area contributed by atoms with Crippen molar-refractivity contribution >= 4 is 11.8 Å². The first-order valence-electron chi connectivity index (χ1n) is 6.42. The second-order valence-electron chi connectivity index (χ2n) is 4.50. The van der Waals surface area contributed by atoms with Crippen molar-refractivity contribution in [2.24, 2.45) is 0 Å². The number of nitrogens with zero attached hydrogens (tertiary/aromatic N) is 1. The number of aliphatic hydroxyl groups is 2. The Balaban J connectivity index is 2.67. The molecule has 0 radical (unpaired) electrons. The van der Waals surface area contributed by atoms with Crippen LogP contribution in [0.1, 0.15) is 41.3 Å². The maximum absolute atomic E-state index is 11.8. The lowest BCUT2D eigenvalue weighted by Crippen LogP contribution is -2.17. The van der Waals surface area contributed by atoms with Crippen molar-refractivity contribution < 1.29 is 24.5 Å². The molecule has 0 bridgehead atoms. The van der Waals surface area contributed by atoms with E-state index >= 15 is 0 Å². The third-order valence-corrected chi connectivity index (χ3v) is 3.02. The van der Waals surface area contributed by atoms with Crippen molar-refractivity contribution in [1.82, 2.24) is 0 Å². The fourth-order valence-corrected chi connectivity index (χ4v) is 1.76. The summed E-state index contributed by atoms with van der Waals surface area (Å²) in [5, 5.41) is 27.8. The molecule has 0 spiro atoms. The molecule has 0 amide bonds. The first-order valence-corrected chi connectivity index (χ1v) is 6.42. The van der Waals surface area contributed by atoms with Crippen molar-refractivity contribution in [3.63, 3.8) is 0 Å². The quantitative estimate of drug-likeness (QED) is 0.576. The predicted octanol–water partition coefficient (Wildman–Crippen LogP) is 1.13. The molecule has 0 fully saturated rings. The van der Waals surface area contributed by atoms with E-state index in [-0.39, 0.29) is 25.0 Å². The fourth-order valence-electron chi connectivity index (χ4n) is 1.76. The summed E-state index contributed by atoms with van der Waals surface area (Å²) in [4.78, 5) is 22.8. The minimum atomic E-state index is -1.18. The third-order valence-electron chi connectivity index (χ3n) is 3.02. The van der Waals surface area contributed by atoms with Crippen LogP contribution in [0.2, 0.25) is 0 Å². The zero-order valence-electron chi connectivity index (χ0n) is 11.7. The largest absolute Gasteiger partial charge is 0.469 e. The number of hydrogen-bond acceptors (Lipinski definition) is 6. The van der Waals surface area contributed by atoms with Crippen molar-refractivity contribution in [1.29, 1.82) is 5.26 Å². The molecule has 0 heterocycles. The first kappa shape index (κ1) is 16.8. The summed E-state index contributed by atoms with van der Waals surface area (Å²) >= 11 is 0. The van der Waals surface area contributed by atoms with Crippen molar-refractivity contribution in [2.75, 3.05) is 7.11 Å². The molecule has 1 aromatic rings. The molecule has 0 aromatic heterocycles. The Bertz CT molecular complexity index is 532. The lowest BCUT2D eigenvalue weighted by molar-refractivity contribution is -0.140. The number of ether oxygens (including phenoxy) is 1. The molecule has 0 saturated heterocycles. The molecule has 2 N–H and O–H groups in total. The molecule has 0 saturated carbocycles. The molecule has 0 aliphatic rings. The molecule has 112 valence electrons. The van der Waals surface area contributed by atoms with E-state index in [0.29, 0.717) is 11.1 Å². The second-order valence-corrected chi connectivity index (χ2v) is 4.50. The van der Waals surface area contributed by atoms with Gasteiger partial charge in [-0.1, -0.05) is 24.3 Å². The lowest BCUT2D eigenvalue weighted by Gasteiger charge is -2.15. The van der Waals surface area contributed by atoms with Crippen LogP contribution in [0.5, 0.6) is 0 Å². The van der Waals surface area contributed by atoms with Gasteiger partial charge >= 0.3 is 5.97 Å². The predicted molar refractivity (Wildman–Crippen MR) is 73.2 cm³/mol. The first-order chi connectivity index (χ1) is 9.99. The van der Waals surface area contributed by atoms with Crippen LogP contribution in [-0.4, -0.2) is 35.2 Å². The van der Waals surface area contributed by atoms with E-state index in [4.69, 9.17) is 5.26 Å². The second kappa shape index (κ2) is 8.15. The molecule has 2 atom stereocenters. The summed E-state index contributed by atoms with van der Waals surface area (Å²) in [6, 6.07) is 7.82. The lowest BCUT2D eigenvalue weighted by atomic mass is 9.99. The van der Waals surface area contributed by atoms with Crippen molar-refractivity contribution in [3.8, 4) is 6.07 Å². The summed E-state index contributed by atoms with van der Waals surface area (Å²) in [5.41, 5.74) is 0.826. The van der Waals surface area contributed by atoms with Gasteiger partial charge in [-0.3, -0.25) is 9.59 Å². The Morgan fingerprint density at radius 2 is 1.86 bits per heavy atom. The van der Waals surface area contributed by atoms with E-state index in [1.54, 1.807) is 6.07 Å². The highest BCUT2D eigenvalue weighted by molar-refractivity contribution is 5.97. The molecule has 1 aromatic carbocycles. The van der Waals surface area contributed by atoms with Crippen LogP contribution in [0.15, 0.2) is 24.3 Å². The van der Waals surface area contributed by atoms with Gasteiger partial charge in [0.15, 0.2) is 5.78 Å². The normalized spacial score (nSPS) is 13.0. The van der Waals surface area contributed by atoms with Gasteiger partial charge < -0.3 is 14.9 Å². The van der Waals surface area contributed by atoms with E-state index in [1.165, 1.54) is 31.4 Å². The number of carbonyl (C=O) groups is 2. The monoisotopic (exact) mass is 291 g/mol. The van der Waals surface area contributed by atoms with Crippen LogP contribution in [0.25, 0.3) is 0 Å². The molecule has 6 nitrogen and oxygen atoms in total. The van der Waals surface area contributed by atoms with Gasteiger partial charge in [-0.15, -0.1) is 0 Å². The number of Topliss-reactive ketones (excluding diaryl/α,β-unsaturated/α-hetero) is 1. The number of hydrogen-bond donors (Lipinski definition) is 2.